The molecule has 2 aromatic rings. The van der Waals surface area contributed by atoms with Crippen molar-refractivity contribution in [2.45, 2.75) is 30.7 Å². The highest BCUT2D eigenvalue weighted by atomic mass is 32.2. The van der Waals surface area contributed by atoms with E-state index in [9.17, 15) is 18.0 Å². The lowest BCUT2D eigenvalue weighted by atomic mass is 9.96. The number of primary sulfonamides is 1. The third-order valence-corrected chi connectivity index (χ3v) is 5.81. The van der Waals surface area contributed by atoms with Crippen LogP contribution in [-0.2, 0) is 14.8 Å². The fourth-order valence-electron chi connectivity index (χ4n) is 3.29. The second kappa shape index (κ2) is 8.15. The first-order valence-electron chi connectivity index (χ1n) is 9.01. The van der Waals surface area contributed by atoms with E-state index in [1.165, 1.54) is 18.4 Å². The Balaban J connectivity index is 1.61. The zero-order valence-corrected chi connectivity index (χ0v) is 16.3. The summed E-state index contributed by atoms with van der Waals surface area (Å²) in [6.07, 6.45) is 2.89. The average Bonchev–Trinajstić information content (AvgIpc) is 3.21. The van der Waals surface area contributed by atoms with Crippen LogP contribution in [0.3, 0.4) is 0 Å². The van der Waals surface area contributed by atoms with Crippen LogP contribution < -0.4 is 10.5 Å². The average molecular weight is 405 g/mol. The fourth-order valence-corrected chi connectivity index (χ4v) is 3.81. The standard InChI is InChI=1S/C19H23N3O5S/c1-13(14-6-8-16(9-7-14)28(20,25)26)21-18(23)15-4-2-10-22(12-15)19(24)17-5-3-11-27-17/h3,5-9,11,13,15H,2,4,10,12H2,1H3,(H,21,23)(H2,20,25,26)/t13-,15+/m0/s1. The number of piperidine rings is 1. The minimum atomic E-state index is -3.75. The molecule has 8 nitrogen and oxygen atoms in total. The van der Waals surface area contributed by atoms with E-state index in [-0.39, 0.29) is 34.4 Å². The Kier molecular flexibility index (Phi) is 5.85. The van der Waals surface area contributed by atoms with E-state index >= 15 is 0 Å². The predicted octanol–water partition coefficient (Wildman–Crippen LogP) is 1.66. The van der Waals surface area contributed by atoms with Crippen molar-refractivity contribution >= 4 is 21.8 Å². The summed E-state index contributed by atoms with van der Waals surface area (Å²) in [7, 11) is -3.75. The van der Waals surface area contributed by atoms with Gasteiger partial charge in [-0.25, -0.2) is 13.6 Å². The Labute approximate surface area is 163 Å². The number of benzene rings is 1. The number of carbonyl (C=O) groups excluding carboxylic acids is 2. The van der Waals surface area contributed by atoms with Crippen LogP contribution in [0.2, 0.25) is 0 Å². The van der Waals surface area contributed by atoms with E-state index in [0.717, 1.165) is 12.0 Å². The molecule has 150 valence electrons. The number of rotatable bonds is 5. The molecule has 1 aromatic carbocycles. The first-order valence-corrected chi connectivity index (χ1v) is 10.6. The number of hydrogen-bond acceptors (Lipinski definition) is 5. The number of hydrogen-bond donors (Lipinski definition) is 2. The zero-order valence-electron chi connectivity index (χ0n) is 15.5. The van der Waals surface area contributed by atoms with Crippen molar-refractivity contribution in [1.29, 1.82) is 0 Å². The number of likely N-dealkylation sites (tertiary alicyclic amines) is 1. The number of carbonyl (C=O) groups is 2. The highest BCUT2D eigenvalue weighted by molar-refractivity contribution is 7.89. The Morgan fingerprint density at radius 2 is 1.96 bits per heavy atom. The molecule has 0 bridgehead atoms. The van der Waals surface area contributed by atoms with Crippen LogP contribution in [0.4, 0.5) is 0 Å². The van der Waals surface area contributed by atoms with Gasteiger partial charge in [-0.15, -0.1) is 0 Å². The molecule has 3 N–H and O–H groups in total. The van der Waals surface area contributed by atoms with Crippen LogP contribution in [-0.4, -0.2) is 38.2 Å². The van der Waals surface area contributed by atoms with Crippen LogP contribution in [0.25, 0.3) is 0 Å². The molecule has 2 heterocycles. The largest absolute Gasteiger partial charge is 0.459 e. The van der Waals surface area contributed by atoms with E-state index in [4.69, 9.17) is 9.56 Å². The second-order valence-corrected chi connectivity index (χ2v) is 8.47. The van der Waals surface area contributed by atoms with Gasteiger partial charge in [0.15, 0.2) is 5.76 Å². The predicted molar refractivity (Wildman–Crippen MR) is 102 cm³/mol. The van der Waals surface area contributed by atoms with Crippen molar-refractivity contribution in [1.82, 2.24) is 10.2 Å². The summed E-state index contributed by atoms with van der Waals surface area (Å²) in [5.41, 5.74) is 0.764. The van der Waals surface area contributed by atoms with Gasteiger partial charge >= 0.3 is 0 Å². The molecule has 0 unspecified atom stereocenters. The molecule has 1 fully saturated rings. The molecule has 0 spiro atoms. The molecule has 0 radical (unpaired) electrons. The van der Waals surface area contributed by atoms with Gasteiger partial charge in [0.25, 0.3) is 5.91 Å². The molecule has 0 saturated carbocycles. The number of nitrogens with two attached hydrogens (primary N) is 1. The van der Waals surface area contributed by atoms with Gasteiger partial charge in [-0.2, -0.15) is 0 Å². The number of amides is 2. The van der Waals surface area contributed by atoms with Gasteiger partial charge in [0.1, 0.15) is 0 Å². The molecule has 3 rings (SSSR count). The molecule has 28 heavy (non-hydrogen) atoms. The molecule has 1 aromatic heterocycles. The molecular weight excluding hydrogens is 382 g/mol. The van der Waals surface area contributed by atoms with E-state index in [1.54, 1.807) is 29.2 Å². The third-order valence-electron chi connectivity index (χ3n) is 4.88. The first kappa shape index (κ1) is 20.1. The number of sulfonamides is 1. The van der Waals surface area contributed by atoms with Crippen molar-refractivity contribution in [2.24, 2.45) is 11.1 Å². The topological polar surface area (TPSA) is 123 Å². The Hall–Kier alpha value is -2.65. The van der Waals surface area contributed by atoms with Crippen molar-refractivity contribution in [2.75, 3.05) is 13.1 Å². The SMILES string of the molecule is C[C@H](NC(=O)[C@@H]1CCCN(C(=O)c2ccco2)C1)c1ccc(S(N)(=O)=O)cc1. The minimum absolute atomic E-state index is 0.0223. The highest BCUT2D eigenvalue weighted by Gasteiger charge is 2.30. The number of nitrogens with zero attached hydrogens (tertiary/aromatic N) is 1. The lowest BCUT2D eigenvalue weighted by molar-refractivity contribution is -0.127. The van der Waals surface area contributed by atoms with Crippen molar-refractivity contribution in [3.8, 4) is 0 Å². The van der Waals surface area contributed by atoms with Crippen molar-refractivity contribution in [3.63, 3.8) is 0 Å². The quantitative estimate of drug-likeness (QED) is 0.783. The maximum Gasteiger partial charge on any atom is 0.289 e. The maximum atomic E-state index is 12.7. The van der Waals surface area contributed by atoms with Crippen molar-refractivity contribution in [3.05, 3.63) is 54.0 Å². The maximum absolute atomic E-state index is 12.7. The molecule has 1 saturated heterocycles. The second-order valence-electron chi connectivity index (χ2n) is 6.91. The van der Waals surface area contributed by atoms with E-state index in [1.807, 2.05) is 6.92 Å². The molecule has 2 atom stereocenters. The van der Waals surface area contributed by atoms with Crippen LogP contribution in [0.5, 0.6) is 0 Å². The van der Waals surface area contributed by atoms with E-state index in [2.05, 4.69) is 5.32 Å². The Morgan fingerprint density at radius 3 is 2.57 bits per heavy atom. The Morgan fingerprint density at radius 1 is 1.25 bits per heavy atom. The van der Waals surface area contributed by atoms with Crippen molar-refractivity contribution < 1.29 is 22.4 Å². The van der Waals surface area contributed by atoms with Gasteiger partial charge in [0.2, 0.25) is 15.9 Å². The summed E-state index contributed by atoms with van der Waals surface area (Å²) in [6.45, 7) is 2.74. The van der Waals surface area contributed by atoms with Crippen LogP contribution in [0.1, 0.15) is 41.9 Å². The first-order chi connectivity index (χ1) is 13.3. The summed E-state index contributed by atoms with van der Waals surface area (Å²) >= 11 is 0. The van der Waals surface area contributed by atoms with E-state index < -0.39 is 10.0 Å². The Bertz CT molecular complexity index is 938. The van der Waals surface area contributed by atoms with Gasteiger partial charge in [-0.3, -0.25) is 9.59 Å². The minimum Gasteiger partial charge on any atom is -0.459 e. The van der Waals surface area contributed by atoms with Gasteiger partial charge in [-0.1, -0.05) is 12.1 Å². The molecule has 9 heteroatoms. The zero-order chi connectivity index (χ0) is 20.3. The van der Waals surface area contributed by atoms with Gasteiger partial charge in [0, 0.05) is 13.1 Å². The summed E-state index contributed by atoms with van der Waals surface area (Å²) < 4.78 is 27.8. The molecule has 1 aliphatic heterocycles. The monoisotopic (exact) mass is 405 g/mol. The third kappa shape index (κ3) is 4.60. The summed E-state index contributed by atoms with van der Waals surface area (Å²) in [6, 6.07) is 9.04. The van der Waals surface area contributed by atoms with Crippen LogP contribution >= 0.6 is 0 Å². The molecule has 1 aliphatic rings. The lowest BCUT2D eigenvalue weighted by Gasteiger charge is -2.32. The molecule has 2 amide bonds. The van der Waals surface area contributed by atoms with Crippen LogP contribution in [0, 0.1) is 5.92 Å². The van der Waals surface area contributed by atoms with E-state index in [0.29, 0.717) is 19.5 Å². The summed E-state index contributed by atoms with van der Waals surface area (Å²) in [4.78, 5) is 26.8. The van der Waals surface area contributed by atoms with Gasteiger partial charge in [-0.05, 0) is 49.6 Å². The molecule has 0 aliphatic carbocycles. The highest BCUT2D eigenvalue weighted by Crippen LogP contribution is 2.21. The van der Waals surface area contributed by atoms with Crippen LogP contribution in [0.15, 0.2) is 52.0 Å². The lowest BCUT2D eigenvalue weighted by Crippen LogP contribution is -2.45. The van der Waals surface area contributed by atoms with Gasteiger partial charge in [0.05, 0.1) is 23.1 Å². The normalized spacial score (nSPS) is 18.5. The number of furan rings is 1. The fraction of sp³-hybridized carbons (Fsp3) is 0.368. The summed E-state index contributed by atoms with van der Waals surface area (Å²) in [5.74, 6) is -0.391. The molecular formula is C19H23N3O5S. The smallest absolute Gasteiger partial charge is 0.289 e. The summed E-state index contributed by atoms with van der Waals surface area (Å²) in [5, 5.41) is 8.03. The van der Waals surface area contributed by atoms with Gasteiger partial charge < -0.3 is 14.6 Å². The number of nitrogens with one attached hydrogen (secondary N) is 1.